The van der Waals surface area contributed by atoms with Gasteiger partial charge in [-0.05, 0) is 29.8 Å². The number of aliphatic hydroxyl groups excluding tert-OH is 1. The highest BCUT2D eigenvalue weighted by Gasteiger charge is 2.19. The van der Waals surface area contributed by atoms with E-state index < -0.39 is 6.10 Å². The highest BCUT2D eigenvalue weighted by atomic mass is 16.5. The van der Waals surface area contributed by atoms with Crippen molar-refractivity contribution in [2.75, 3.05) is 39.3 Å². The van der Waals surface area contributed by atoms with Gasteiger partial charge in [0.15, 0.2) is 0 Å². The van der Waals surface area contributed by atoms with Crippen molar-refractivity contribution in [2.24, 2.45) is 0 Å². The predicted octanol–water partition coefficient (Wildman–Crippen LogP) is 2.79. The molecule has 1 saturated heterocycles. The molecule has 1 N–H and O–H groups in total. The Hall–Kier alpha value is -2.47. The van der Waals surface area contributed by atoms with E-state index in [2.05, 4.69) is 33.0 Å². The van der Waals surface area contributed by atoms with Crippen molar-refractivity contribution in [3.63, 3.8) is 0 Å². The van der Waals surface area contributed by atoms with E-state index in [1.54, 1.807) is 0 Å². The van der Waals surface area contributed by atoms with Gasteiger partial charge in [0.1, 0.15) is 18.5 Å². The van der Waals surface area contributed by atoms with Crippen molar-refractivity contribution in [1.29, 1.82) is 0 Å². The van der Waals surface area contributed by atoms with Crippen LogP contribution in [0.4, 0.5) is 0 Å². The zero-order chi connectivity index (χ0) is 19.2. The molecule has 0 radical (unpaired) electrons. The van der Waals surface area contributed by atoms with Gasteiger partial charge in [0.05, 0.1) is 5.52 Å². The van der Waals surface area contributed by atoms with Gasteiger partial charge in [0.25, 0.3) is 0 Å². The van der Waals surface area contributed by atoms with Gasteiger partial charge in [0.2, 0.25) is 0 Å². The summed E-state index contributed by atoms with van der Waals surface area (Å²) in [6.45, 7) is 5.82. The lowest BCUT2D eigenvalue weighted by atomic mass is 10.1. The van der Waals surface area contributed by atoms with Crippen molar-refractivity contribution in [1.82, 2.24) is 14.8 Å². The molecule has 1 atom stereocenters. The van der Waals surface area contributed by atoms with Crippen LogP contribution in [0.15, 0.2) is 66.9 Å². The van der Waals surface area contributed by atoms with E-state index in [1.807, 2.05) is 48.7 Å². The van der Waals surface area contributed by atoms with Gasteiger partial charge < -0.3 is 9.84 Å². The molecule has 1 unspecified atom stereocenters. The first-order chi connectivity index (χ1) is 13.8. The first kappa shape index (κ1) is 18.9. The summed E-state index contributed by atoms with van der Waals surface area (Å²) in [6, 6.07) is 20.1. The molecule has 2 heterocycles. The van der Waals surface area contributed by atoms with Gasteiger partial charge in [0, 0.05) is 50.9 Å². The maximum absolute atomic E-state index is 10.3. The van der Waals surface area contributed by atoms with Crippen LogP contribution in [-0.4, -0.2) is 65.3 Å². The van der Waals surface area contributed by atoms with Crippen LogP contribution >= 0.6 is 0 Å². The standard InChI is InChI=1S/C23H27N3O2/c27-21(18-28-22-7-2-1-3-8-22)17-26-12-10-25(11-13-26)16-19-14-20-6-4-5-9-23(20)24-15-19/h1-9,14-15,21,27H,10-13,16-18H2. The number of hydrogen-bond acceptors (Lipinski definition) is 5. The lowest BCUT2D eigenvalue weighted by Crippen LogP contribution is -2.48. The molecule has 5 nitrogen and oxygen atoms in total. The summed E-state index contributed by atoms with van der Waals surface area (Å²) < 4.78 is 5.65. The minimum absolute atomic E-state index is 0.326. The Morgan fingerprint density at radius 1 is 0.929 bits per heavy atom. The summed E-state index contributed by atoms with van der Waals surface area (Å²) in [5, 5.41) is 11.5. The van der Waals surface area contributed by atoms with Gasteiger partial charge in [-0.15, -0.1) is 0 Å². The Balaban J connectivity index is 1.21. The van der Waals surface area contributed by atoms with E-state index in [9.17, 15) is 5.11 Å². The number of hydrogen-bond donors (Lipinski definition) is 1. The van der Waals surface area contributed by atoms with Crippen LogP contribution in [0.2, 0.25) is 0 Å². The zero-order valence-corrected chi connectivity index (χ0v) is 16.1. The van der Waals surface area contributed by atoms with Crippen molar-refractivity contribution in [3.8, 4) is 5.75 Å². The molecule has 5 heteroatoms. The predicted molar refractivity (Wildman–Crippen MR) is 111 cm³/mol. The summed E-state index contributed by atoms with van der Waals surface area (Å²) in [5.74, 6) is 0.801. The number of ether oxygens (including phenoxy) is 1. The smallest absolute Gasteiger partial charge is 0.119 e. The third-order valence-electron chi connectivity index (χ3n) is 5.17. The highest BCUT2D eigenvalue weighted by molar-refractivity contribution is 5.78. The molecule has 0 saturated carbocycles. The molecular weight excluding hydrogens is 350 g/mol. The minimum Gasteiger partial charge on any atom is -0.491 e. The van der Waals surface area contributed by atoms with E-state index in [4.69, 9.17) is 4.74 Å². The quantitative estimate of drug-likeness (QED) is 0.686. The summed E-state index contributed by atoms with van der Waals surface area (Å²) in [4.78, 5) is 9.33. The van der Waals surface area contributed by atoms with Gasteiger partial charge in [-0.25, -0.2) is 0 Å². The second-order valence-corrected chi connectivity index (χ2v) is 7.39. The highest BCUT2D eigenvalue weighted by Crippen LogP contribution is 2.15. The largest absolute Gasteiger partial charge is 0.491 e. The molecule has 4 rings (SSSR count). The molecule has 0 bridgehead atoms. The van der Waals surface area contributed by atoms with Crippen molar-refractivity contribution >= 4 is 10.9 Å². The number of piperazine rings is 1. The number of benzene rings is 2. The molecular formula is C23H27N3O2. The van der Waals surface area contributed by atoms with Crippen molar-refractivity contribution < 1.29 is 9.84 Å². The molecule has 1 aromatic heterocycles. The number of rotatable bonds is 7. The molecule has 146 valence electrons. The topological polar surface area (TPSA) is 48.8 Å². The van der Waals surface area contributed by atoms with Crippen LogP contribution in [0.1, 0.15) is 5.56 Å². The van der Waals surface area contributed by atoms with Crippen LogP contribution in [0.25, 0.3) is 10.9 Å². The molecule has 1 fully saturated rings. The van der Waals surface area contributed by atoms with Crippen LogP contribution in [0, 0.1) is 0 Å². The second kappa shape index (κ2) is 9.15. The Kier molecular flexibility index (Phi) is 6.17. The van der Waals surface area contributed by atoms with E-state index >= 15 is 0 Å². The summed E-state index contributed by atoms with van der Waals surface area (Å²) in [5.41, 5.74) is 2.30. The molecule has 0 spiro atoms. The van der Waals surface area contributed by atoms with E-state index in [0.29, 0.717) is 13.2 Å². The summed E-state index contributed by atoms with van der Waals surface area (Å²) in [6.07, 6.45) is 1.51. The average molecular weight is 377 g/mol. The molecule has 1 aliphatic heterocycles. The number of fused-ring (bicyclic) bond motifs is 1. The zero-order valence-electron chi connectivity index (χ0n) is 16.1. The number of pyridine rings is 1. The number of β-amino-alcohol motifs (C(OH)–C–C–N with tert-alkyl or cyclic N) is 1. The SMILES string of the molecule is OC(COc1ccccc1)CN1CCN(Cc2cnc3ccccc3c2)CC1. The third kappa shape index (κ3) is 5.07. The normalized spacial score (nSPS) is 16.9. The van der Waals surface area contributed by atoms with Crippen LogP contribution < -0.4 is 4.74 Å². The van der Waals surface area contributed by atoms with E-state index in [0.717, 1.165) is 44.0 Å². The lowest BCUT2D eigenvalue weighted by Gasteiger charge is -2.35. The minimum atomic E-state index is -0.476. The molecule has 0 aliphatic carbocycles. The second-order valence-electron chi connectivity index (χ2n) is 7.39. The number of nitrogens with zero attached hydrogens (tertiary/aromatic N) is 3. The summed E-state index contributed by atoms with van der Waals surface area (Å²) in [7, 11) is 0. The molecule has 2 aromatic carbocycles. The van der Waals surface area contributed by atoms with Gasteiger partial charge in [-0.2, -0.15) is 0 Å². The average Bonchev–Trinajstić information content (AvgIpc) is 2.74. The Bertz CT molecular complexity index is 879. The van der Waals surface area contributed by atoms with Crippen molar-refractivity contribution in [3.05, 3.63) is 72.4 Å². The fraction of sp³-hybridized carbons (Fsp3) is 0.348. The van der Waals surface area contributed by atoms with Crippen molar-refractivity contribution in [2.45, 2.75) is 12.6 Å². The van der Waals surface area contributed by atoms with E-state index in [-0.39, 0.29) is 0 Å². The maximum atomic E-state index is 10.3. The molecule has 28 heavy (non-hydrogen) atoms. The fourth-order valence-corrected chi connectivity index (χ4v) is 3.65. The fourth-order valence-electron chi connectivity index (χ4n) is 3.65. The Labute approximate surface area is 166 Å². The number of para-hydroxylation sites is 2. The Morgan fingerprint density at radius 2 is 1.64 bits per heavy atom. The molecule has 0 amide bonds. The number of aromatic nitrogens is 1. The Morgan fingerprint density at radius 3 is 2.46 bits per heavy atom. The van der Waals surface area contributed by atoms with Gasteiger partial charge in [-0.1, -0.05) is 36.4 Å². The van der Waals surface area contributed by atoms with E-state index in [1.165, 1.54) is 10.9 Å². The molecule has 3 aromatic rings. The first-order valence-electron chi connectivity index (χ1n) is 9.90. The first-order valence-corrected chi connectivity index (χ1v) is 9.90. The van der Waals surface area contributed by atoms with Crippen LogP contribution in [-0.2, 0) is 6.54 Å². The maximum Gasteiger partial charge on any atom is 0.119 e. The van der Waals surface area contributed by atoms with Gasteiger partial charge in [-0.3, -0.25) is 14.8 Å². The van der Waals surface area contributed by atoms with Crippen LogP contribution in [0.3, 0.4) is 0 Å². The molecule has 1 aliphatic rings. The monoisotopic (exact) mass is 377 g/mol. The van der Waals surface area contributed by atoms with Gasteiger partial charge >= 0.3 is 0 Å². The third-order valence-corrected chi connectivity index (χ3v) is 5.17. The number of aliphatic hydroxyl groups is 1. The van der Waals surface area contributed by atoms with Crippen LogP contribution in [0.5, 0.6) is 5.75 Å². The summed E-state index contributed by atoms with van der Waals surface area (Å²) >= 11 is 0. The lowest BCUT2D eigenvalue weighted by molar-refractivity contribution is 0.0446.